The molecule has 1 aromatic rings. The number of nitrogens with zero attached hydrogens (tertiary/aromatic N) is 1. The Morgan fingerprint density at radius 1 is 1.32 bits per heavy atom. The average molecular weight is 283 g/mol. The Hall–Kier alpha value is -1.30. The molecule has 2 fully saturated rings. The molecule has 0 unspecified atom stereocenters. The number of ether oxygens (including phenoxy) is 2. The van der Waals surface area contributed by atoms with Gasteiger partial charge in [0.05, 0.1) is 19.8 Å². The van der Waals surface area contributed by atoms with Crippen LogP contribution >= 0.6 is 11.6 Å². The molecule has 0 aliphatic carbocycles. The Kier molecular flexibility index (Phi) is 3.35. The predicted octanol–water partition coefficient (Wildman–Crippen LogP) is 1.66. The van der Waals surface area contributed by atoms with Gasteiger partial charge in [-0.25, -0.2) is 4.79 Å². The zero-order chi connectivity index (χ0) is 13.3. The van der Waals surface area contributed by atoms with Gasteiger partial charge in [0, 0.05) is 23.8 Å². The van der Waals surface area contributed by atoms with E-state index in [-0.39, 0.29) is 6.09 Å². The van der Waals surface area contributed by atoms with E-state index in [1.807, 2.05) is 12.1 Å². The summed E-state index contributed by atoms with van der Waals surface area (Å²) in [7, 11) is 0. The minimum Gasteiger partial charge on any atom is -0.437 e. The molecule has 1 atom stereocenters. The van der Waals surface area contributed by atoms with Crippen molar-refractivity contribution in [3.05, 3.63) is 29.3 Å². The van der Waals surface area contributed by atoms with E-state index < -0.39 is 5.60 Å². The van der Waals surface area contributed by atoms with Gasteiger partial charge in [-0.3, -0.25) is 4.90 Å². The van der Waals surface area contributed by atoms with Crippen molar-refractivity contribution in [2.24, 2.45) is 0 Å². The molecule has 0 radical (unpaired) electrons. The maximum Gasteiger partial charge on any atom is 0.415 e. The summed E-state index contributed by atoms with van der Waals surface area (Å²) in [5.74, 6) is 0. The van der Waals surface area contributed by atoms with E-state index in [0.29, 0.717) is 31.3 Å². The molecule has 2 aliphatic rings. The van der Waals surface area contributed by atoms with Gasteiger partial charge in [-0.05, 0) is 24.3 Å². The monoisotopic (exact) mass is 282 g/mol. The fourth-order valence-corrected chi connectivity index (χ4v) is 2.51. The minimum absolute atomic E-state index is 0.338. The topological polar surface area (TPSA) is 50.8 Å². The molecule has 3 rings (SSSR count). The van der Waals surface area contributed by atoms with Gasteiger partial charge in [0.15, 0.2) is 5.60 Å². The molecule has 2 saturated heterocycles. The number of halogens is 1. The molecule has 2 aliphatic heterocycles. The van der Waals surface area contributed by atoms with Crippen molar-refractivity contribution in [1.29, 1.82) is 0 Å². The van der Waals surface area contributed by atoms with E-state index in [0.717, 1.165) is 12.2 Å². The minimum atomic E-state index is -0.590. The second-order valence-corrected chi connectivity index (χ2v) is 5.28. The van der Waals surface area contributed by atoms with Crippen LogP contribution in [-0.2, 0) is 9.47 Å². The lowest BCUT2D eigenvalue weighted by molar-refractivity contribution is -0.00744. The van der Waals surface area contributed by atoms with Gasteiger partial charge < -0.3 is 14.8 Å². The largest absolute Gasteiger partial charge is 0.437 e. The summed E-state index contributed by atoms with van der Waals surface area (Å²) in [5, 5.41) is 3.88. The summed E-state index contributed by atoms with van der Waals surface area (Å²) in [4.78, 5) is 13.7. The van der Waals surface area contributed by atoms with Gasteiger partial charge in [-0.1, -0.05) is 11.6 Å². The molecule has 5 nitrogen and oxygen atoms in total. The molecule has 6 heteroatoms. The van der Waals surface area contributed by atoms with E-state index in [9.17, 15) is 4.79 Å². The van der Waals surface area contributed by atoms with Gasteiger partial charge >= 0.3 is 6.09 Å². The number of rotatable bonds is 1. The molecule has 0 aromatic heterocycles. The van der Waals surface area contributed by atoms with Gasteiger partial charge in [-0.15, -0.1) is 0 Å². The fraction of sp³-hybridized carbons (Fsp3) is 0.462. The summed E-state index contributed by atoms with van der Waals surface area (Å²) >= 11 is 5.85. The zero-order valence-electron chi connectivity index (χ0n) is 10.4. The van der Waals surface area contributed by atoms with Crippen LogP contribution in [0.2, 0.25) is 5.02 Å². The van der Waals surface area contributed by atoms with Crippen LogP contribution in [0.1, 0.15) is 0 Å². The van der Waals surface area contributed by atoms with Crippen molar-refractivity contribution in [1.82, 2.24) is 5.32 Å². The van der Waals surface area contributed by atoms with Crippen molar-refractivity contribution in [2.75, 3.05) is 37.7 Å². The number of amides is 1. The third kappa shape index (κ3) is 2.54. The molecule has 0 saturated carbocycles. The first-order chi connectivity index (χ1) is 9.19. The van der Waals surface area contributed by atoms with Gasteiger partial charge in [0.2, 0.25) is 0 Å². The number of hydrogen-bond acceptors (Lipinski definition) is 4. The third-order valence-corrected chi connectivity index (χ3v) is 3.60. The standard InChI is InChI=1S/C13H15ClN2O3/c14-10-1-3-11(4-2-10)16-8-13(19-12(16)17)7-15-5-6-18-9-13/h1-4,15H,5-9H2/t13-/m0/s1. The van der Waals surface area contributed by atoms with Crippen LogP contribution in [0, 0.1) is 0 Å². The van der Waals surface area contributed by atoms with E-state index in [4.69, 9.17) is 21.1 Å². The third-order valence-electron chi connectivity index (χ3n) is 3.34. The van der Waals surface area contributed by atoms with Crippen molar-refractivity contribution in [2.45, 2.75) is 5.60 Å². The second kappa shape index (κ2) is 5.00. The Morgan fingerprint density at radius 2 is 2.11 bits per heavy atom. The Labute approximate surface area is 116 Å². The van der Waals surface area contributed by atoms with Crippen LogP contribution in [0.15, 0.2) is 24.3 Å². The highest BCUT2D eigenvalue weighted by atomic mass is 35.5. The highest BCUT2D eigenvalue weighted by Crippen LogP contribution is 2.29. The summed E-state index contributed by atoms with van der Waals surface area (Å²) in [5.41, 5.74) is 0.197. The van der Waals surface area contributed by atoms with Crippen LogP contribution < -0.4 is 10.2 Å². The van der Waals surface area contributed by atoms with Crippen LogP contribution in [0.3, 0.4) is 0 Å². The van der Waals surface area contributed by atoms with E-state index >= 15 is 0 Å². The van der Waals surface area contributed by atoms with Crippen LogP contribution in [0.5, 0.6) is 0 Å². The lowest BCUT2D eigenvalue weighted by atomic mass is 10.1. The highest BCUT2D eigenvalue weighted by Gasteiger charge is 2.46. The smallest absolute Gasteiger partial charge is 0.415 e. The van der Waals surface area contributed by atoms with Crippen LogP contribution in [-0.4, -0.2) is 44.5 Å². The SMILES string of the molecule is O=C1O[C@@]2(CNCCOC2)CN1c1ccc(Cl)cc1. The van der Waals surface area contributed by atoms with Crippen LogP contribution in [0.25, 0.3) is 0 Å². The van der Waals surface area contributed by atoms with Gasteiger partial charge in [-0.2, -0.15) is 0 Å². The molecule has 1 aromatic carbocycles. The Bertz CT molecular complexity index is 469. The number of benzene rings is 1. The Balaban J connectivity index is 1.81. The first-order valence-corrected chi connectivity index (χ1v) is 6.61. The van der Waals surface area contributed by atoms with Crippen LogP contribution in [0.4, 0.5) is 10.5 Å². The molecule has 2 heterocycles. The summed E-state index contributed by atoms with van der Waals surface area (Å²) in [6, 6.07) is 7.15. The predicted molar refractivity (Wildman–Crippen MR) is 71.7 cm³/mol. The van der Waals surface area contributed by atoms with Gasteiger partial charge in [0.1, 0.15) is 0 Å². The summed E-state index contributed by atoms with van der Waals surface area (Å²) < 4.78 is 11.0. The molecular weight excluding hydrogens is 268 g/mol. The van der Waals surface area contributed by atoms with Crippen molar-refractivity contribution >= 4 is 23.4 Å². The fourth-order valence-electron chi connectivity index (χ4n) is 2.38. The molecule has 102 valence electrons. The van der Waals surface area contributed by atoms with E-state index in [1.165, 1.54) is 0 Å². The maximum absolute atomic E-state index is 12.0. The molecule has 19 heavy (non-hydrogen) atoms. The highest BCUT2D eigenvalue weighted by molar-refractivity contribution is 6.30. The lowest BCUT2D eigenvalue weighted by Crippen LogP contribution is -2.46. The lowest BCUT2D eigenvalue weighted by Gasteiger charge is -2.24. The molecule has 1 spiro atoms. The quantitative estimate of drug-likeness (QED) is 0.851. The van der Waals surface area contributed by atoms with Gasteiger partial charge in [0.25, 0.3) is 0 Å². The number of anilines is 1. The van der Waals surface area contributed by atoms with E-state index in [1.54, 1.807) is 17.0 Å². The van der Waals surface area contributed by atoms with Crippen molar-refractivity contribution in [3.8, 4) is 0 Å². The molecule has 0 bridgehead atoms. The first-order valence-electron chi connectivity index (χ1n) is 6.23. The normalized spacial score (nSPS) is 27.4. The molecule has 1 N–H and O–H groups in total. The summed E-state index contributed by atoms with van der Waals surface area (Å²) in [6.45, 7) is 2.94. The first kappa shape index (κ1) is 12.7. The number of carbonyl (C=O) groups excluding carboxylic acids is 1. The number of nitrogens with one attached hydrogen (secondary N) is 1. The molecule has 1 amide bonds. The maximum atomic E-state index is 12.0. The zero-order valence-corrected chi connectivity index (χ0v) is 11.2. The van der Waals surface area contributed by atoms with Crippen molar-refractivity contribution in [3.63, 3.8) is 0 Å². The summed E-state index contributed by atoms with van der Waals surface area (Å²) in [6.07, 6.45) is -0.338. The van der Waals surface area contributed by atoms with Crippen molar-refractivity contribution < 1.29 is 14.3 Å². The Morgan fingerprint density at radius 3 is 2.89 bits per heavy atom. The number of carbonyl (C=O) groups is 1. The second-order valence-electron chi connectivity index (χ2n) is 4.84. The average Bonchev–Trinajstić information content (AvgIpc) is 2.58. The number of hydrogen-bond donors (Lipinski definition) is 1. The van der Waals surface area contributed by atoms with E-state index in [2.05, 4.69) is 5.32 Å². The molecular formula is C13H15ClN2O3.